The van der Waals surface area contributed by atoms with Crippen LogP contribution in [0.15, 0.2) is 48.5 Å². The molecule has 2 heterocycles. The van der Waals surface area contributed by atoms with Gasteiger partial charge >= 0.3 is 0 Å². The third-order valence-corrected chi connectivity index (χ3v) is 6.66. The SMILES string of the molecule is CCc1ccc(N2C(=O)C3CN(C)C4(C(=O)c5ccccc5C4=O)C3C2=O)cc1. The second-order valence-electron chi connectivity index (χ2n) is 7.97. The van der Waals surface area contributed by atoms with E-state index in [2.05, 4.69) is 0 Å². The number of imide groups is 1. The fourth-order valence-corrected chi connectivity index (χ4v) is 5.22. The van der Waals surface area contributed by atoms with Gasteiger partial charge in [0, 0.05) is 17.7 Å². The Bertz CT molecular complexity index is 1050. The summed E-state index contributed by atoms with van der Waals surface area (Å²) in [5.41, 5.74) is 0.617. The molecular weight excluding hydrogens is 368 g/mol. The molecule has 2 aromatic carbocycles. The molecule has 5 rings (SSSR count). The Morgan fingerprint density at radius 1 is 0.897 bits per heavy atom. The molecule has 2 atom stereocenters. The summed E-state index contributed by atoms with van der Waals surface area (Å²) >= 11 is 0. The summed E-state index contributed by atoms with van der Waals surface area (Å²) in [6.07, 6.45) is 0.850. The molecule has 6 heteroatoms. The Kier molecular flexibility index (Phi) is 3.67. The van der Waals surface area contributed by atoms with Gasteiger partial charge in [-0.3, -0.25) is 24.1 Å². The lowest BCUT2D eigenvalue weighted by Gasteiger charge is -2.32. The van der Waals surface area contributed by atoms with Crippen LogP contribution < -0.4 is 4.90 Å². The zero-order chi connectivity index (χ0) is 20.5. The molecule has 2 aromatic rings. The summed E-state index contributed by atoms with van der Waals surface area (Å²) in [4.78, 5) is 56.3. The largest absolute Gasteiger partial charge is 0.291 e. The predicted octanol–water partition coefficient (Wildman–Crippen LogP) is 2.12. The maximum atomic E-state index is 13.5. The van der Waals surface area contributed by atoms with Crippen LogP contribution in [0.2, 0.25) is 0 Å². The molecule has 29 heavy (non-hydrogen) atoms. The molecular formula is C23H20N2O4. The van der Waals surface area contributed by atoms with Crippen LogP contribution in [-0.4, -0.2) is 47.4 Å². The molecule has 6 nitrogen and oxygen atoms in total. The van der Waals surface area contributed by atoms with Crippen LogP contribution in [0.5, 0.6) is 0 Å². The highest BCUT2D eigenvalue weighted by Crippen LogP contribution is 2.51. The van der Waals surface area contributed by atoms with Crippen LogP contribution in [-0.2, 0) is 16.0 Å². The monoisotopic (exact) mass is 388 g/mol. The van der Waals surface area contributed by atoms with Crippen molar-refractivity contribution in [3.8, 4) is 0 Å². The number of aryl methyl sites for hydroxylation is 1. The molecule has 1 spiro atoms. The average Bonchev–Trinajstić information content (AvgIpc) is 3.26. The molecule has 0 radical (unpaired) electrons. The Balaban J connectivity index is 1.62. The van der Waals surface area contributed by atoms with Gasteiger partial charge in [-0.2, -0.15) is 0 Å². The van der Waals surface area contributed by atoms with E-state index < -0.39 is 23.3 Å². The van der Waals surface area contributed by atoms with Gasteiger partial charge in [0.15, 0.2) is 17.1 Å². The molecule has 0 saturated carbocycles. The number of benzene rings is 2. The van der Waals surface area contributed by atoms with Crippen molar-refractivity contribution in [2.45, 2.75) is 18.9 Å². The minimum absolute atomic E-state index is 0.199. The molecule has 0 bridgehead atoms. The van der Waals surface area contributed by atoms with E-state index in [1.807, 2.05) is 19.1 Å². The highest BCUT2D eigenvalue weighted by molar-refractivity contribution is 6.37. The first-order chi connectivity index (χ1) is 13.9. The Labute approximate surface area is 168 Å². The molecule has 2 saturated heterocycles. The van der Waals surface area contributed by atoms with Crippen molar-refractivity contribution in [3.63, 3.8) is 0 Å². The van der Waals surface area contributed by atoms with Crippen LogP contribution in [0.25, 0.3) is 0 Å². The molecule has 2 amide bonds. The minimum atomic E-state index is -1.63. The van der Waals surface area contributed by atoms with E-state index in [9.17, 15) is 19.2 Å². The number of carbonyl (C=O) groups excluding carboxylic acids is 4. The van der Waals surface area contributed by atoms with Crippen LogP contribution in [0.4, 0.5) is 5.69 Å². The van der Waals surface area contributed by atoms with E-state index in [-0.39, 0.29) is 24.0 Å². The first-order valence-electron chi connectivity index (χ1n) is 9.79. The number of likely N-dealkylation sites (N-methyl/N-ethyl adjacent to an activating group) is 1. The van der Waals surface area contributed by atoms with Crippen molar-refractivity contribution in [1.29, 1.82) is 0 Å². The van der Waals surface area contributed by atoms with Crippen molar-refractivity contribution >= 4 is 29.1 Å². The standard InChI is InChI=1S/C23H20N2O4/c1-3-13-8-10-14(11-9-13)25-21(28)17-12-24(2)23(18(17)22(25)29)19(26)15-6-4-5-7-16(15)20(23)27/h4-11,17-18H,3,12H2,1-2H3. The maximum absolute atomic E-state index is 13.5. The second-order valence-corrected chi connectivity index (χ2v) is 7.97. The van der Waals surface area contributed by atoms with Crippen molar-refractivity contribution < 1.29 is 19.2 Å². The van der Waals surface area contributed by atoms with Gasteiger partial charge in [0.05, 0.1) is 17.5 Å². The number of fused-ring (bicyclic) bond motifs is 3. The zero-order valence-electron chi connectivity index (χ0n) is 16.2. The van der Waals surface area contributed by atoms with Gasteiger partial charge in [-0.15, -0.1) is 0 Å². The van der Waals surface area contributed by atoms with E-state index >= 15 is 0 Å². The number of anilines is 1. The summed E-state index contributed by atoms with van der Waals surface area (Å²) < 4.78 is 0. The first kappa shape index (κ1) is 17.9. The minimum Gasteiger partial charge on any atom is -0.291 e. The molecule has 3 aliphatic rings. The quantitative estimate of drug-likeness (QED) is 0.582. The average molecular weight is 388 g/mol. The number of hydrogen-bond acceptors (Lipinski definition) is 5. The van der Waals surface area contributed by atoms with Crippen LogP contribution >= 0.6 is 0 Å². The number of Topliss-reactive ketones (excluding diaryl/α,β-unsaturated/α-hetero) is 2. The van der Waals surface area contributed by atoms with Gasteiger partial charge in [-0.25, -0.2) is 4.90 Å². The molecule has 2 unspecified atom stereocenters. The summed E-state index contributed by atoms with van der Waals surface area (Å²) in [6.45, 7) is 2.23. The van der Waals surface area contributed by atoms with Gasteiger partial charge in [-0.05, 0) is 31.2 Å². The highest BCUT2D eigenvalue weighted by Gasteiger charge is 2.72. The number of nitrogens with zero attached hydrogens (tertiary/aromatic N) is 2. The third kappa shape index (κ3) is 2.04. The first-order valence-corrected chi connectivity index (χ1v) is 9.79. The molecule has 146 valence electrons. The number of rotatable bonds is 2. The number of ketones is 2. The molecule has 2 aliphatic heterocycles. The highest BCUT2D eigenvalue weighted by atomic mass is 16.2. The Hall–Kier alpha value is -3.12. The van der Waals surface area contributed by atoms with E-state index in [1.54, 1.807) is 48.3 Å². The summed E-state index contributed by atoms with van der Waals surface area (Å²) in [6, 6.07) is 13.9. The lowest BCUT2D eigenvalue weighted by molar-refractivity contribution is -0.123. The fourth-order valence-electron chi connectivity index (χ4n) is 5.22. The lowest BCUT2D eigenvalue weighted by atomic mass is 9.77. The van der Waals surface area contributed by atoms with Crippen LogP contribution in [0.3, 0.4) is 0 Å². The zero-order valence-corrected chi connectivity index (χ0v) is 16.2. The normalized spacial score (nSPS) is 25.2. The molecule has 2 fully saturated rings. The van der Waals surface area contributed by atoms with Gasteiger partial charge in [0.1, 0.15) is 0 Å². The predicted molar refractivity (Wildman–Crippen MR) is 106 cm³/mol. The summed E-state index contributed by atoms with van der Waals surface area (Å²) in [5, 5.41) is 0. The smallest absolute Gasteiger partial charge is 0.240 e. The molecule has 0 N–H and O–H groups in total. The Morgan fingerprint density at radius 3 is 2.03 bits per heavy atom. The Morgan fingerprint density at radius 2 is 1.48 bits per heavy atom. The van der Waals surface area contributed by atoms with Crippen LogP contribution in [0, 0.1) is 11.8 Å². The number of carbonyl (C=O) groups is 4. The van der Waals surface area contributed by atoms with Crippen LogP contribution in [0.1, 0.15) is 33.2 Å². The number of hydrogen-bond donors (Lipinski definition) is 0. The molecule has 1 aliphatic carbocycles. The van der Waals surface area contributed by atoms with Gasteiger partial charge in [-0.1, -0.05) is 43.3 Å². The van der Waals surface area contributed by atoms with E-state index in [4.69, 9.17) is 0 Å². The van der Waals surface area contributed by atoms with Gasteiger partial charge in [0.25, 0.3) is 0 Å². The van der Waals surface area contributed by atoms with Crippen molar-refractivity contribution in [2.24, 2.45) is 11.8 Å². The van der Waals surface area contributed by atoms with E-state index in [0.717, 1.165) is 16.9 Å². The van der Waals surface area contributed by atoms with E-state index in [0.29, 0.717) is 16.8 Å². The fraction of sp³-hybridized carbons (Fsp3) is 0.304. The van der Waals surface area contributed by atoms with Gasteiger partial charge < -0.3 is 0 Å². The topological polar surface area (TPSA) is 74.8 Å². The van der Waals surface area contributed by atoms with E-state index in [1.165, 1.54) is 0 Å². The van der Waals surface area contributed by atoms with Crippen molar-refractivity contribution in [1.82, 2.24) is 4.90 Å². The number of amides is 2. The molecule has 0 aromatic heterocycles. The lowest BCUT2D eigenvalue weighted by Crippen LogP contribution is -2.58. The van der Waals surface area contributed by atoms with Crippen molar-refractivity contribution in [2.75, 3.05) is 18.5 Å². The second kappa shape index (κ2) is 5.94. The van der Waals surface area contributed by atoms with Gasteiger partial charge in [0.2, 0.25) is 11.8 Å². The maximum Gasteiger partial charge on any atom is 0.240 e. The summed E-state index contributed by atoms with van der Waals surface area (Å²) in [7, 11) is 1.65. The van der Waals surface area contributed by atoms with Crippen molar-refractivity contribution in [3.05, 3.63) is 65.2 Å². The number of likely N-dealkylation sites (tertiary alicyclic amines) is 1. The summed E-state index contributed by atoms with van der Waals surface area (Å²) in [5.74, 6) is -3.28. The third-order valence-electron chi connectivity index (χ3n) is 6.66.